The van der Waals surface area contributed by atoms with Crippen LogP contribution in [0.15, 0.2) is 91.1 Å². The van der Waals surface area contributed by atoms with Crippen LogP contribution >= 0.6 is 0 Å². The number of amides is 3. The summed E-state index contributed by atoms with van der Waals surface area (Å²) in [5.74, 6) is -2.36. The number of hydrogen-bond acceptors (Lipinski definition) is 5. The van der Waals surface area contributed by atoms with Crippen molar-refractivity contribution < 1.29 is 24.3 Å². The maximum atomic E-state index is 13.7. The summed E-state index contributed by atoms with van der Waals surface area (Å²) in [6.07, 6.45) is 2.33. The maximum absolute atomic E-state index is 13.7. The highest BCUT2D eigenvalue weighted by molar-refractivity contribution is 5.91. The monoisotopic (exact) mass is 583 g/mol. The van der Waals surface area contributed by atoms with Gasteiger partial charge in [0, 0.05) is 36.5 Å². The number of rotatable bonds is 15. The molecule has 4 rings (SSSR count). The molecule has 0 aliphatic carbocycles. The number of aliphatic carboxylic acids is 1. The first-order valence-electron chi connectivity index (χ1n) is 14.3. The van der Waals surface area contributed by atoms with E-state index in [9.17, 15) is 19.2 Å². The Morgan fingerprint density at radius 3 is 2.05 bits per heavy atom. The fourth-order valence-electron chi connectivity index (χ4n) is 4.89. The van der Waals surface area contributed by atoms with E-state index in [0.29, 0.717) is 6.42 Å². The normalized spacial score (nSPS) is 13.0. The van der Waals surface area contributed by atoms with Gasteiger partial charge in [-0.15, -0.1) is 0 Å². The Morgan fingerprint density at radius 2 is 1.37 bits per heavy atom. The van der Waals surface area contributed by atoms with Crippen molar-refractivity contribution in [3.63, 3.8) is 0 Å². The van der Waals surface area contributed by atoms with Gasteiger partial charge in [-0.25, -0.2) is 0 Å². The zero-order chi connectivity index (χ0) is 30.6. The summed E-state index contributed by atoms with van der Waals surface area (Å²) in [5.41, 5.74) is 9.98. The average Bonchev–Trinajstić information content (AvgIpc) is 3.42. The summed E-state index contributed by atoms with van der Waals surface area (Å²) >= 11 is 0. The third-order valence-electron chi connectivity index (χ3n) is 7.15. The SMILES string of the molecule is N[C@@H](Cc1c[nH]c2ccccc12)C(=O)N[C@@H](Cc1ccccc1)C(=O)N[C@H](CNC(=O)CCC(=O)O)Cc1ccccc1. The smallest absolute Gasteiger partial charge is 0.303 e. The van der Waals surface area contributed by atoms with Crippen molar-refractivity contribution >= 4 is 34.6 Å². The first-order chi connectivity index (χ1) is 20.8. The molecule has 0 spiro atoms. The predicted octanol–water partition coefficient (Wildman–Crippen LogP) is 2.47. The lowest BCUT2D eigenvalue weighted by Gasteiger charge is -2.25. The number of para-hydroxylation sites is 1. The van der Waals surface area contributed by atoms with Crippen LogP contribution in [0.3, 0.4) is 0 Å². The molecule has 1 heterocycles. The molecule has 7 N–H and O–H groups in total. The van der Waals surface area contributed by atoms with Crippen LogP contribution in [0.4, 0.5) is 0 Å². The van der Waals surface area contributed by atoms with Crippen molar-refractivity contribution in [2.24, 2.45) is 5.73 Å². The van der Waals surface area contributed by atoms with Crippen molar-refractivity contribution in [3.8, 4) is 0 Å². The minimum Gasteiger partial charge on any atom is -0.481 e. The molecular formula is C33H37N5O5. The molecule has 0 aliphatic rings. The van der Waals surface area contributed by atoms with E-state index in [1.54, 1.807) is 0 Å². The van der Waals surface area contributed by atoms with Gasteiger partial charge in [0.25, 0.3) is 0 Å². The van der Waals surface area contributed by atoms with Crippen LogP contribution in [0.5, 0.6) is 0 Å². The molecule has 0 aliphatic heterocycles. The Labute approximate surface area is 250 Å². The number of carbonyl (C=O) groups is 4. The number of carbonyl (C=O) groups excluding carboxylic acids is 3. The lowest BCUT2D eigenvalue weighted by Crippen LogP contribution is -2.56. The summed E-state index contributed by atoms with van der Waals surface area (Å²) in [6, 6.07) is 24.3. The molecule has 0 bridgehead atoms. The fourth-order valence-corrected chi connectivity index (χ4v) is 4.89. The molecule has 3 aromatic carbocycles. The van der Waals surface area contributed by atoms with E-state index in [-0.39, 0.29) is 32.2 Å². The zero-order valence-electron chi connectivity index (χ0n) is 23.8. The summed E-state index contributed by atoms with van der Waals surface area (Å²) in [4.78, 5) is 53.3. The van der Waals surface area contributed by atoms with E-state index >= 15 is 0 Å². The number of carboxylic acids is 1. The van der Waals surface area contributed by atoms with E-state index in [2.05, 4.69) is 20.9 Å². The Balaban J connectivity index is 1.47. The molecule has 1 aromatic heterocycles. The Hall–Kier alpha value is -4.96. The molecule has 10 heteroatoms. The molecule has 0 saturated heterocycles. The van der Waals surface area contributed by atoms with Crippen LogP contribution in [0, 0.1) is 0 Å². The first kappa shape index (κ1) is 31.0. The number of H-pyrrole nitrogens is 1. The Morgan fingerprint density at radius 1 is 0.744 bits per heavy atom. The number of fused-ring (bicyclic) bond motifs is 1. The minimum atomic E-state index is -1.06. The van der Waals surface area contributed by atoms with Gasteiger partial charge in [-0.05, 0) is 35.6 Å². The number of carboxylic acid groups (broad SMARTS) is 1. The number of nitrogens with two attached hydrogens (primary N) is 1. The zero-order valence-corrected chi connectivity index (χ0v) is 23.8. The summed E-state index contributed by atoms with van der Waals surface area (Å²) in [5, 5.41) is 18.4. The van der Waals surface area contributed by atoms with Crippen molar-refractivity contribution in [1.29, 1.82) is 0 Å². The number of nitrogens with one attached hydrogen (secondary N) is 4. The van der Waals surface area contributed by atoms with Crippen LogP contribution in [0.2, 0.25) is 0 Å². The molecule has 10 nitrogen and oxygen atoms in total. The number of aromatic amines is 1. The predicted molar refractivity (Wildman–Crippen MR) is 164 cm³/mol. The van der Waals surface area contributed by atoms with Gasteiger partial charge in [0.05, 0.1) is 18.5 Å². The lowest BCUT2D eigenvalue weighted by molar-refractivity contribution is -0.138. The van der Waals surface area contributed by atoms with Crippen LogP contribution in [-0.4, -0.2) is 58.5 Å². The summed E-state index contributed by atoms with van der Waals surface area (Å²) in [6.45, 7) is 0.0885. The summed E-state index contributed by atoms with van der Waals surface area (Å²) < 4.78 is 0. The largest absolute Gasteiger partial charge is 0.481 e. The van der Waals surface area contributed by atoms with Gasteiger partial charge in [0.2, 0.25) is 17.7 Å². The third kappa shape index (κ3) is 9.54. The van der Waals surface area contributed by atoms with Crippen molar-refractivity contribution in [2.45, 2.75) is 50.2 Å². The molecule has 4 aromatic rings. The second-order valence-corrected chi connectivity index (χ2v) is 10.5. The van der Waals surface area contributed by atoms with Crippen LogP contribution in [0.1, 0.15) is 29.5 Å². The van der Waals surface area contributed by atoms with Crippen molar-refractivity contribution in [3.05, 3.63) is 108 Å². The molecule has 0 unspecified atom stereocenters. The number of hydrogen-bond donors (Lipinski definition) is 6. The van der Waals surface area contributed by atoms with E-state index in [4.69, 9.17) is 10.8 Å². The van der Waals surface area contributed by atoms with Gasteiger partial charge in [-0.1, -0.05) is 78.9 Å². The molecule has 3 amide bonds. The van der Waals surface area contributed by atoms with E-state index in [1.807, 2.05) is 91.1 Å². The van der Waals surface area contributed by atoms with Gasteiger partial charge in [0.15, 0.2) is 0 Å². The minimum absolute atomic E-state index is 0.0885. The highest BCUT2D eigenvalue weighted by atomic mass is 16.4. The van der Waals surface area contributed by atoms with Gasteiger partial charge in [-0.2, -0.15) is 0 Å². The Kier molecular flexibility index (Phi) is 11.0. The Bertz CT molecular complexity index is 1520. The molecule has 0 saturated carbocycles. The first-order valence-corrected chi connectivity index (χ1v) is 14.3. The standard InChI is InChI=1S/C33H37N5O5/c34-27(19-24-20-35-28-14-8-7-13-26(24)28)32(42)38-29(18-23-11-5-2-6-12-23)33(43)37-25(17-22-9-3-1-4-10-22)21-36-30(39)15-16-31(40)41/h1-14,20,25,27,29,35H,15-19,21,34H2,(H,36,39)(H,37,43)(H,38,42)(H,40,41)/t25-,27-,29-/m0/s1. The lowest BCUT2D eigenvalue weighted by atomic mass is 10.0. The highest BCUT2D eigenvalue weighted by Gasteiger charge is 2.27. The maximum Gasteiger partial charge on any atom is 0.303 e. The van der Waals surface area contributed by atoms with Crippen LogP contribution < -0.4 is 21.7 Å². The van der Waals surface area contributed by atoms with Gasteiger partial charge < -0.3 is 31.8 Å². The molecule has 0 radical (unpaired) electrons. The topological polar surface area (TPSA) is 166 Å². The number of aromatic nitrogens is 1. The van der Waals surface area contributed by atoms with Crippen LogP contribution in [0.25, 0.3) is 10.9 Å². The molecular weight excluding hydrogens is 546 g/mol. The van der Waals surface area contributed by atoms with Gasteiger partial charge in [-0.3, -0.25) is 19.2 Å². The van der Waals surface area contributed by atoms with Gasteiger partial charge >= 0.3 is 5.97 Å². The molecule has 224 valence electrons. The second-order valence-electron chi connectivity index (χ2n) is 10.5. The molecule has 43 heavy (non-hydrogen) atoms. The molecule has 3 atom stereocenters. The van der Waals surface area contributed by atoms with Crippen LogP contribution in [-0.2, 0) is 38.4 Å². The quantitative estimate of drug-likeness (QED) is 0.126. The van der Waals surface area contributed by atoms with Gasteiger partial charge in [0.1, 0.15) is 6.04 Å². The van der Waals surface area contributed by atoms with E-state index in [1.165, 1.54) is 0 Å². The fraction of sp³-hybridized carbons (Fsp3) is 0.273. The third-order valence-corrected chi connectivity index (χ3v) is 7.15. The van der Waals surface area contributed by atoms with Crippen molar-refractivity contribution in [1.82, 2.24) is 20.9 Å². The van der Waals surface area contributed by atoms with E-state index in [0.717, 1.165) is 27.6 Å². The van der Waals surface area contributed by atoms with E-state index < -0.39 is 41.8 Å². The summed E-state index contributed by atoms with van der Waals surface area (Å²) in [7, 11) is 0. The van der Waals surface area contributed by atoms with Crippen molar-refractivity contribution in [2.75, 3.05) is 6.54 Å². The second kappa shape index (κ2) is 15.3. The average molecular weight is 584 g/mol. The number of benzene rings is 3. The highest BCUT2D eigenvalue weighted by Crippen LogP contribution is 2.19. The molecule has 0 fully saturated rings.